The van der Waals surface area contributed by atoms with Gasteiger partial charge in [-0.1, -0.05) is 0 Å². The van der Waals surface area contributed by atoms with E-state index in [1.807, 2.05) is 0 Å². The van der Waals surface area contributed by atoms with E-state index >= 15 is 0 Å². The topological polar surface area (TPSA) is 35.8 Å². The van der Waals surface area contributed by atoms with Crippen LogP contribution in [0.2, 0.25) is 0 Å². The van der Waals surface area contributed by atoms with E-state index < -0.39 is 0 Å². The molecule has 1 fully saturated rings. The van der Waals surface area contributed by atoms with E-state index in [2.05, 4.69) is 22.8 Å². The summed E-state index contributed by atoms with van der Waals surface area (Å²) in [4.78, 5) is 1.20. The van der Waals surface area contributed by atoms with Crippen molar-refractivity contribution in [3.05, 3.63) is 21.9 Å². The van der Waals surface area contributed by atoms with E-state index in [1.54, 1.807) is 11.3 Å². The zero-order valence-corrected chi connectivity index (χ0v) is 8.23. The van der Waals surface area contributed by atoms with E-state index in [4.69, 9.17) is 5.26 Å². The summed E-state index contributed by atoms with van der Waals surface area (Å²) in [6, 6.07) is 4.37. The third kappa shape index (κ3) is 1.90. The van der Waals surface area contributed by atoms with Crippen molar-refractivity contribution in [3.8, 4) is 6.07 Å². The first-order chi connectivity index (χ1) is 6.40. The second-order valence-corrected chi connectivity index (χ2v) is 4.37. The lowest BCUT2D eigenvalue weighted by Crippen LogP contribution is -2.07. The lowest BCUT2D eigenvalue weighted by Gasteiger charge is -2.03. The lowest BCUT2D eigenvalue weighted by atomic mass is 10.0. The Kier molecular flexibility index (Phi) is 2.62. The fraction of sp³-hybridized carbons (Fsp3) is 0.500. The minimum absolute atomic E-state index is 0.560. The van der Waals surface area contributed by atoms with E-state index in [0.717, 1.165) is 13.1 Å². The second-order valence-electron chi connectivity index (χ2n) is 3.37. The molecule has 0 bridgehead atoms. The summed E-state index contributed by atoms with van der Waals surface area (Å²) in [6.45, 7) is 2.23. The quantitative estimate of drug-likeness (QED) is 0.776. The van der Waals surface area contributed by atoms with E-state index in [9.17, 15) is 0 Å². The van der Waals surface area contributed by atoms with Crippen LogP contribution in [0.25, 0.3) is 0 Å². The van der Waals surface area contributed by atoms with E-state index in [1.165, 1.54) is 16.9 Å². The summed E-state index contributed by atoms with van der Waals surface area (Å²) in [5.41, 5.74) is 1.42. The fourth-order valence-corrected chi connectivity index (χ4v) is 2.62. The predicted molar refractivity (Wildman–Crippen MR) is 53.9 cm³/mol. The van der Waals surface area contributed by atoms with Crippen molar-refractivity contribution >= 4 is 11.3 Å². The molecule has 0 saturated carbocycles. The van der Waals surface area contributed by atoms with Gasteiger partial charge in [-0.2, -0.15) is 5.26 Å². The Balaban J connectivity index is 2.08. The maximum Gasteiger partial charge on any atom is 0.0695 e. The molecule has 1 atom stereocenters. The molecule has 0 radical (unpaired) electrons. The molecule has 2 heterocycles. The normalized spacial score (nSPS) is 21.6. The Bertz CT molecular complexity index is 318. The molecule has 1 aliphatic rings. The number of thiophene rings is 1. The van der Waals surface area contributed by atoms with Crippen LogP contribution in [0, 0.1) is 11.3 Å². The molecule has 1 aromatic rings. The Morgan fingerprint density at radius 2 is 2.62 bits per heavy atom. The van der Waals surface area contributed by atoms with Gasteiger partial charge in [0.15, 0.2) is 0 Å². The Morgan fingerprint density at radius 3 is 3.31 bits per heavy atom. The van der Waals surface area contributed by atoms with Crippen molar-refractivity contribution in [3.63, 3.8) is 0 Å². The van der Waals surface area contributed by atoms with E-state index in [0.29, 0.717) is 12.3 Å². The average molecular weight is 192 g/mol. The van der Waals surface area contributed by atoms with Crippen molar-refractivity contribution < 1.29 is 0 Å². The minimum atomic E-state index is 0.560. The highest BCUT2D eigenvalue weighted by molar-refractivity contribution is 7.10. The molecule has 1 N–H and O–H groups in total. The smallest absolute Gasteiger partial charge is 0.0695 e. The number of nitrogens with one attached hydrogen (secondary N) is 1. The number of hydrogen-bond acceptors (Lipinski definition) is 3. The lowest BCUT2D eigenvalue weighted by molar-refractivity contribution is 0.766. The molecule has 2 nitrogen and oxygen atoms in total. The zero-order valence-electron chi connectivity index (χ0n) is 7.42. The van der Waals surface area contributed by atoms with Crippen LogP contribution in [0.1, 0.15) is 22.8 Å². The molecule has 1 aliphatic heterocycles. The van der Waals surface area contributed by atoms with Gasteiger partial charge in [0.25, 0.3) is 0 Å². The van der Waals surface area contributed by atoms with Crippen molar-refractivity contribution in [2.24, 2.45) is 0 Å². The number of rotatable bonds is 2. The van der Waals surface area contributed by atoms with Crippen LogP contribution in [0.15, 0.2) is 11.4 Å². The van der Waals surface area contributed by atoms with E-state index in [-0.39, 0.29) is 0 Å². The third-order valence-corrected chi connectivity index (χ3v) is 3.41. The van der Waals surface area contributed by atoms with Crippen molar-refractivity contribution in [1.82, 2.24) is 5.32 Å². The fourth-order valence-electron chi connectivity index (χ4n) is 1.72. The molecule has 0 aromatic carbocycles. The van der Waals surface area contributed by atoms with Gasteiger partial charge in [-0.3, -0.25) is 0 Å². The van der Waals surface area contributed by atoms with Gasteiger partial charge in [-0.05, 0) is 35.9 Å². The van der Waals surface area contributed by atoms with Crippen molar-refractivity contribution in [2.45, 2.75) is 18.8 Å². The van der Waals surface area contributed by atoms with Gasteiger partial charge in [0.05, 0.1) is 12.5 Å². The monoisotopic (exact) mass is 192 g/mol. The van der Waals surface area contributed by atoms with Gasteiger partial charge in [-0.15, -0.1) is 11.3 Å². The molecule has 0 spiro atoms. The Morgan fingerprint density at radius 1 is 1.69 bits per heavy atom. The molecule has 1 saturated heterocycles. The highest BCUT2D eigenvalue weighted by Crippen LogP contribution is 2.26. The molecular weight excluding hydrogens is 180 g/mol. The highest BCUT2D eigenvalue weighted by Gasteiger charge is 2.17. The Hall–Kier alpha value is -0.850. The summed E-state index contributed by atoms with van der Waals surface area (Å²) >= 11 is 1.71. The molecule has 13 heavy (non-hydrogen) atoms. The van der Waals surface area contributed by atoms with Crippen LogP contribution in [0.4, 0.5) is 0 Å². The molecular formula is C10H12N2S. The van der Waals surface area contributed by atoms with Crippen molar-refractivity contribution in [1.29, 1.82) is 5.26 Å². The van der Waals surface area contributed by atoms with Gasteiger partial charge in [-0.25, -0.2) is 0 Å². The van der Waals surface area contributed by atoms with Crippen LogP contribution in [0.3, 0.4) is 0 Å². The van der Waals surface area contributed by atoms with Crippen LogP contribution >= 0.6 is 11.3 Å². The maximum absolute atomic E-state index is 8.54. The summed E-state index contributed by atoms with van der Waals surface area (Å²) in [5, 5.41) is 14.1. The molecule has 1 unspecified atom stereocenters. The molecule has 3 heteroatoms. The summed E-state index contributed by atoms with van der Waals surface area (Å²) < 4.78 is 0. The number of nitriles is 1. The molecule has 68 valence electrons. The highest BCUT2D eigenvalue weighted by atomic mass is 32.1. The summed E-state index contributed by atoms with van der Waals surface area (Å²) in [5.74, 6) is 0.684. The zero-order chi connectivity index (χ0) is 9.10. The first-order valence-electron chi connectivity index (χ1n) is 4.55. The van der Waals surface area contributed by atoms with Gasteiger partial charge >= 0.3 is 0 Å². The first-order valence-corrected chi connectivity index (χ1v) is 5.43. The maximum atomic E-state index is 8.54. The number of hydrogen-bond donors (Lipinski definition) is 1. The number of nitrogens with zero attached hydrogens (tertiary/aromatic N) is 1. The minimum Gasteiger partial charge on any atom is -0.316 e. The predicted octanol–water partition coefficient (Wildman–Crippen LogP) is 1.89. The standard InChI is InChI=1S/C10H12N2S/c11-3-1-10-5-9(7-13-10)8-2-4-12-6-8/h5,7-8,12H,1-2,4,6H2. The van der Waals surface area contributed by atoms with Gasteiger partial charge < -0.3 is 5.32 Å². The second kappa shape index (κ2) is 3.91. The van der Waals surface area contributed by atoms with Gasteiger partial charge in [0.2, 0.25) is 0 Å². The third-order valence-electron chi connectivity index (χ3n) is 2.46. The van der Waals surface area contributed by atoms with Crippen LogP contribution in [-0.2, 0) is 6.42 Å². The first kappa shape index (κ1) is 8.74. The average Bonchev–Trinajstić information content (AvgIpc) is 2.70. The van der Waals surface area contributed by atoms with Gasteiger partial charge in [0, 0.05) is 11.4 Å². The van der Waals surface area contributed by atoms with Crippen LogP contribution in [-0.4, -0.2) is 13.1 Å². The molecule has 1 aromatic heterocycles. The Labute approximate surface area is 82.2 Å². The van der Waals surface area contributed by atoms with Gasteiger partial charge in [0.1, 0.15) is 0 Å². The van der Waals surface area contributed by atoms with Crippen molar-refractivity contribution in [2.75, 3.05) is 13.1 Å². The largest absolute Gasteiger partial charge is 0.316 e. The van der Waals surface area contributed by atoms with Crippen LogP contribution < -0.4 is 5.32 Å². The molecule has 0 aliphatic carbocycles. The summed E-state index contributed by atoms with van der Waals surface area (Å²) in [7, 11) is 0. The SMILES string of the molecule is N#CCc1cc(C2CCNC2)cs1. The summed E-state index contributed by atoms with van der Waals surface area (Å²) in [6.07, 6.45) is 1.80. The molecule has 2 rings (SSSR count). The van der Waals surface area contributed by atoms with Crippen LogP contribution in [0.5, 0.6) is 0 Å². The molecule has 0 amide bonds.